The summed E-state index contributed by atoms with van der Waals surface area (Å²) in [6, 6.07) is 3.21. The largest absolute Gasteiger partial charge is 0.504 e. The first-order valence-corrected chi connectivity index (χ1v) is 7.67. The Hall–Kier alpha value is -2.08. The van der Waals surface area contributed by atoms with Crippen molar-refractivity contribution in [2.75, 3.05) is 6.54 Å². The Morgan fingerprint density at radius 1 is 1.45 bits per heavy atom. The van der Waals surface area contributed by atoms with Crippen LogP contribution in [0.2, 0.25) is 0 Å². The summed E-state index contributed by atoms with van der Waals surface area (Å²) in [5.74, 6) is -0.192. The van der Waals surface area contributed by atoms with Gasteiger partial charge in [0.1, 0.15) is 5.69 Å². The van der Waals surface area contributed by atoms with Crippen LogP contribution in [0.1, 0.15) is 48.3 Å². The van der Waals surface area contributed by atoms with Gasteiger partial charge in [-0.2, -0.15) is 0 Å². The van der Waals surface area contributed by atoms with E-state index < -0.39 is 5.60 Å². The van der Waals surface area contributed by atoms with Crippen molar-refractivity contribution >= 4 is 11.6 Å². The number of pyridine rings is 1. The lowest BCUT2D eigenvalue weighted by molar-refractivity contribution is 0.0389. The van der Waals surface area contributed by atoms with E-state index in [0.29, 0.717) is 30.0 Å². The molecule has 22 heavy (non-hydrogen) atoms. The van der Waals surface area contributed by atoms with Gasteiger partial charge in [-0.05, 0) is 38.3 Å². The lowest BCUT2D eigenvalue weighted by Gasteiger charge is -2.21. The number of imidazole rings is 1. The number of aromatic hydroxyl groups is 1. The minimum atomic E-state index is -0.625. The van der Waals surface area contributed by atoms with Crippen molar-refractivity contribution in [2.45, 2.75) is 44.6 Å². The van der Waals surface area contributed by atoms with Gasteiger partial charge >= 0.3 is 0 Å². The topological polar surface area (TPSA) is 86.9 Å². The van der Waals surface area contributed by atoms with Crippen LogP contribution in [0.3, 0.4) is 0 Å². The number of nitrogens with zero attached hydrogens (tertiary/aromatic N) is 2. The van der Waals surface area contributed by atoms with Gasteiger partial charge in [-0.3, -0.25) is 9.20 Å². The zero-order valence-electron chi connectivity index (χ0n) is 12.7. The van der Waals surface area contributed by atoms with E-state index in [1.807, 2.05) is 0 Å². The van der Waals surface area contributed by atoms with E-state index in [9.17, 15) is 15.0 Å². The molecule has 1 aliphatic carbocycles. The number of amides is 1. The first-order valence-electron chi connectivity index (χ1n) is 7.67. The predicted molar refractivity (Wildman–Crippen MR) is 82.0 cm³/mol. The monoisotopic (exact) mass is 303 g/mol. The second-order valence-corrected chi connectivity index (χ2v) is 6.07. The molecule has 1 amide bonds. The van der Waals surface area contributed by atoms with Gasteiger partial charge in [-0.25, -0.2) is 4.98 Å². The summed E-state index contributed by atoms with van der Waals surface area (Å²) < 4.78 is 1.59. The Balaban J connectivity index is 1.72. The molecule has 0 unspecified atom stereocenters. The summed E-state index contributed by atoms with van der Waals surface area (Å²) >= 11 is 0. The lowest BCUT2D eigenvalue weighted by atomic mass is 9.98. The minimum absolute atomic E-state index is 0.0462. The average molecular weight is 303 g/mol. The molecule has 118 valence electrons. The highest BCUT2D eigenvalue weighted by atomic mass is 16.3. The molecule has 2 heterocycles. The number of aromatic nitrogens is 2. The van der Waals surface area contributed by atoms with Gasteiger partial charge in [0.05, 0.1) is 11.3 Å². The molecular formula is C16H21N3O3. The van der Waals surface area contributed by atoms with E-state index >= 15 is 0 Å². The predicted octanol–water partition coefficient (Wildman–Crippen LogP) is 1.77. The molecule has 6 nitrogen and oxygen atoms in total. The van der Waals surface area contributed by atoms with E-state index in [1.54, 1.807) is 29.7 Å². The van der Waals surface area contributed by atoms with Gasteiger partial charge in [0, 0.05) is 12.7 Å². The van der Waals surface area contributed by atoms with Crippen molar-refractivity contribution in [3.63, 3.8) is 0 Å². The summed E-state index contributed by atoms with van der Waals surface area (Å²) in [5.41, 5.74) is 0.738. The Labute approximate surface area is 128 Å². The molecule has 2 aromatic heterocycles. The fourth-order valence-corrected chi connectivity index (χ4v) is 3.22. The summed E-state index contributed by atoms with van der Waals surface area (Å²) in [7, 11) is 0. The van der Waals surface area contributed by atoms with Crippen molar-refractivity contribution in [1.29, 1.82) is 0 Å². The Morgan fingerprint density at radius 3 is 2.91 bits per heavy atom. The minimum Gasteiger partial charge on any atom is -0.504 e. The number of nitrogens with one attached hydrogen (secondary N) is 1. The normalized spacial score (nSPS) is 17.0. The molecule has 1 fully saturated rings. The first kappa shape index (κ1) is 14.8. The van der Waals surface area contributed by atoms with Gasteiger partial charge in [0.2, 0.25) is 0 Å². The number of hydrogen-bond donors (Lipinski definition) is 3. The van der Waals surface area contributed by atoms with Crippen LogP contribution in [0, 0.1) is 6.92 Å². The second kappa shape index (κ2) is 5.61. The summed E-state index contributed by atoms with van der Waals surface area (Å²) in [5, 5.41) is 22.9. The van der Waals surface area contributed by atoms with Crippen LogP contribution in [0.4, 0.5) is 0 Å². The molecule has 6 heteroatoms. The quantitative estimate of drug-likeness (QED) is 0.803. The first-order chi connectivity index (χ1) is 10.5. The molecule has 3 rings (SSSR count). The third-order valence-corrected chi connectivity index (χ3v) is 4.43. The van der Waals surface area contributed by atoms with Crippen molar-refractivity contribution in [3.8, 4) is 5.75 Å². The summed E-state index contributed by atoms with van der Waals surface area (Å²) in [6.45, 7) is 2.17. The third kappa shape index (κ3) is 2.66. The van der Waals surface area contributed by atoms with E-state index in [1.165, 1.54) is 0 Å². The van der Waals surface area contributed by atoms with Crippen LogP contribution in [0.15, 0.2) is 18.3 Å². The molecule has 0 saturated heterocycles. The van der Waals surface area contributed by atoms with Crippen molar-refractivity contribution < 1.29 is 15.0 Å². The number of aryl methyl sites for hydroxylation is 1. The number of hydrogen-bond acceptors (Lipinski definition) is 4. The summed E-state index contributed by atoms with van der Waals surface area (Å²) in [4.78, 5) is 16.6. The van der Waals surface area contributed by atoms with Crippen molar-refractivity contribution in [1.82, 2.24) is 14.7 Å². The van der Waals surface area contributed by atoms with Gasteiger partial charge in [0.15, 0.2) is 11.4 Å². The fraction of sp³-hybridized carbons (Fsp3) is 0.500. The third-order valence-electron chi connectivity index (χ3n) is 4.43. The zero-order valence-corrected chi connectivity index (χ0v) is 12.7. The van der Waals surface area contributed by atoms with E-state index in [4.69, 9.17) is 0 Å². The number of carbonyl (C=O) groups is 1. The van der Waals surface area contributed by atoms with Crippen molar-refractivity contribution in [2.24, 2.45) is 0 Å². The number of carbonyl (C=O) groups excluding carboxylic acids is 1. The molecule has 2 aromatic rings. The van der Waals surface area contributed by atoms with Gasteiger partial charge in [-0.1, -0.05) is 12.8 Å². The zero-order chi connectivity index (χ0) is 15.7. The van der Waals surface area contributed by atoms with E-state index in [-0.39, 0.29) is 11.7 Å². The maximum Gasteiger partial charge on any atom is 0.270 e. The Bertz CT molecular complexity index is 702. The maximum absolute atomic E-state index is 12.4. The molecule has 0 radical (unpaired) electrons. The number of rotatable bonds is 4. The highest BCUT2D eigenvalue weighted by Gasteiger charge is 2.30. The van der Waals surface area contributed by atoms with Crippen LogP contribution in [0.5, 0.6) is 5.75 Å². The van der Waals surface area contributed by atoms with E-state index in [0.717, 1.165) is 25.7 Å². The molecule has 0 aromatic carbocycles. The molecule has 0 spiro atoms. The van der Waals surface area contributed by atoms with Crippen LogP contribution >= 0.6 is 0 Å². The molecule has 0 atom stereocenters. The highest BCUT2D eigenvalue weighted by Crippen LogP contribution is 2.31. The molecule has 3 N–H and O–H groups in total. The van der Waals surface area contributed by atoms with Gasteiger partial charge in [0.25, 0.3) is 5.91 Å². The van der Waals surface area contributed by atoms with Crippen molar-refractivity contribution in [3.05, 3.63) is 29.7 Å². The Kier molecular flexibility index (Phi) is 3.78. The van der Waals surface area contributed by atoms with Gasteiger partial charge in [-0.15, -0.1) is 0 Å². The molecule has 1 aliphatic rings. The number of fused-ring (bicyclic) bond motifs is 1. The molecule has 0 aliphatic heterocycles. The fourth-order valence-electron chi connectivity index (χ4n) is 3.22. The Morgan fingerprint density at radius 2 is 2.18 bits per heavy atom. The van der Waals surface area contributed by atoms with Gasteiger partial charge < -0.3 is 15.5 Å². The number of aliphatic hydroxyl groups is 1. The van der Waals surface area contributed by atoms with Crippen LogP contribution in [-0.4, -0.2) is 37.7 Å². The maximum atomic E-state index is 12.4. The lowest BCUT2D eigenvalue weighted by Crippen LogP contribution is -2.33. The average Bonchev–Trinajstić information content (AvgIpc) is 3.03. The smallest absolute Gasteiger partial charge is 0.270 e. The van der Waals surface area contributed by atoms with Crippen LogP contribution in [0.25, 0.3) is 5.65 Å². The van der Waals surface area contributed by atoms with E-state index in [2.05, 4.69) is 10.3 Å². The molecular weight excluding hydrogens is 282 g/mol. The van der Waals surface area contributed by atoms with Crippen LogP contribution in [-0.2, 0) is 0 Å². The SMILES string of the molecule is Cc1nc2c(O)cccn2c1C(=O)NCCC1(O)CCCC1. The molecule has 1 saturated carbocycles. The molecule has 0 bridgehead atoms. The van der Waals surface area contributed by atoms with Crippen LogP contribution < -0.4 is 5.32 Å². The summed E-state index contributed by atoms with van der Waals surface area (Å²) in [6.07, 6.45) is 6.00. The standard InChI is InChI=1S/C16H21N3O3/c1-11-13(19-10-4-5-12(20)14(19)18-11)15(21)17-9-8-16(22)6-2-3-7-16/h4-5,10,20,22H,2-3,6-9H2,1H3,(H,17,21). The highest BCUT2D eigenvalue weighted by molar-refractivity contribution is 5.94. The second-order valence-electron chi connectivity index (χ2n) is 6.07.